The van der Waals surface area contributed by atoms with Crippen LogP contribution in [0.2, 0.25) is 0 Å². The molecule has 0 bridgehead atoms. The summed E-state index contributed by atoms with van der Waals surface area (Å²) in [7, 11) is 1.99. The molecule has 0 aliphatic carbocycles. The number of hydrogen-bond acceptors (Lipinski definition) is 4. The molecule has 0 aliphatic heterocycles. The Morgan fingerprint density at radius 2 is 2.24 bits per heavy atom. The quantitative estimate of drug-likeness (QED) is 0.373. The maximum atomic E-state index is 13.6. The number of likely N-dealkylation sites (N-methyl/N-ethyl adjacent to an activating group) is 1. The molecule has 1 aromatic carbocycles. The standard InChI is InChI=1S/C15H18FN3OS/c1-19(5-4-14-3-2-6-21-14)10-11-7-12(15(17)18-20)9-13(16)8-11/h2-3,6-9,20H,4-5,10H2,1H3,(H2,17,18). The lowest BCUT2D eigenvalue weighted by atomic mass is 10.1. The van der Waals surface area contributed by atoms with Crippen LogP contribution < -0.4 is 5.73 Å². The highest BCUT2D eigenvalue weighted by atomic mass is 32.1. The molecule has 0 amide bonds. The van der Waals surface area contributed by atoms with E-state index in [0.717, 1.165) is 18.5 Å². The van der Waals surface area contributed by atoms with Gasteiger partial charge in [-0.15, -0.1) is 11.3 Å². The van der Waals surface area contributed by atoms with Crippen LogP contribution in [0.1, 0.15) is 16.0 Å². The van der Waals surface area contributed by atoms with Gasteiger partial charge < -0.3 is 15.8 Å². The molecule has 2 rings (SSSR count). The van der Waals surface area contributed by atoms with Crippen molar-refractivity contribution >= 4 is 17.2 Å². The van der Waals surface area contributed by atoms with Crippen molar-refractivity contribution in [2.24, 2.45) is 10.9 Å². The fraction of sp³-hybridized carbons (Fsp3) is 0.267. The average Bonchev–Trinajstić information content (AvgIpc) is 2.97. The third-order valence-electron chi connectivity index (χ3n) is 3.13. The van der Waals surface area contributed by atoms with Gasteiger partial charge in [0.2, 0.25) is 0 Å². The van der Waals surface area contributed by atoms with Crippen molar-refractivity contribution in [1.82, 2.24) is 4.90 Å². The number of rotatable bonds is 6. The van der Waals surface area contributed by atoms with E-state index in [1.165, 1.54) is 17.0 Å². The summed E-state index contributed by atoms with van der Waals surface area (Å²) >= 11 is 1.74. The number of oxime groups is 1. The molecule has 0 spiro atoms. The van der Waals surface area contributed by atoms with Gasteiger partial charge in [-0.05, 0) is 48.7 Å². The number of benzene rings is 1. The fourth-order valence-corrected chi connectivity index (χ4v) is 2.79. The van der Waals surface area contributed by atoms with Crippen molar-refractivity contribution in [2.45, 2.75) is 13.0 Å². The minimum atomic E-state index is -0.388. The number of halogens is 1. The highest BCUT2D eigenvalue weighted by molar-refractivity contribution is 7.09. The van der Waals surface area contributed by atoms with Crippen molar-refractivity contribution in [3.63, 3.8) is 0 Å². The van der Waals surface area contributed by atoms with E-state index >= 15 is 0 Å². The van der Waals surface area contributed by atoms with Crippen molar-refractivity contribution in [1.29, 1.82) is 0 Å². The highest BCUT2D eigenvalue weighted by Crippen LogP contribution is 2.13. The topological polar surface area (TPSA) is 61.8 Å². The molecule has 0 fully saturated rings. The van der Waals surface area contributed by atoms with Gasteiger partial charge in [0.25, 0.3) is 0 Å². The number of amidine groups is 1. The molecule has 4 nitrogen and oxygen atoms in total. The van der Waals surface area contributed by atoms with E-state index in [0.29, 0.717) is 12.1 Å². The minimum Gasteiger partial charge on any atom is -0.409 e. The van der Waals surface area contributed by atoms with Gasteiger partial charge in [-0.1, -0.05) is 11.2 Å². The van der Waals surface area contributed by atoms with E-state index in [4.69, 9.17) is 10.9 Å². The molecule has 0 aliphatic rings. The van der Waals surface area contributed by atoms with Crippen LogP contribution in [0.3, 0.4) is 0 Å². The zero-order chi connectivity index (χ0) is 15.2. The van der Waals surface area contributed by atoms with E-state index in [2.05, 4.69) is 21.5 Å². The summed E-state index contributed by atoms with van der Waals surface area (Å²) in [6, 6.07) is 8.60. The van der Waals surface area contributed by atoms with Crippen molar-refractivity contribution in [2.75, 3.05) is 13.6 Å². The van der Waals surface area contributed by atoms with Gasteiger partial charge in [0, 0.05) is 23.5 Å². The van der Waals surface area contributed by atoms with Crippen LogP contribution >= 0.6 is 11.3 Å². The fourth-order valence-electron chi connectivity index (χ4n) is 2.09. The SMILES string of the molecule is CN(CCc1cccs1)Cc1cc(F)cc(/C(N)=N/O)c1. The maximum Gasteiger partial charge on any atom is 0.170 e. The van der Waals surface area contributed by atoms with Gasteiger partial charge in [0.15, 0.2) is 5.84 Å². The number of thiophene rings is 1. The van der Waals surface area contributed by atoms with Crippen LogP contribution in [0.5, 0.6) is 0 Å². The molecule has 6 heteroatoms. The predicted molar refractivity (Wildman–Crippen MR) is 83.3 cm³/mol. The second-order valence-corrected chi connectivity index (χ2v) is 5.93. The first-order chi connectivity index (χ1) is 10.1. The number of nitrogens with zero attached hydrogens (tertiary/aromatic N) is 2. The zero-order valence-electron chi connectivity index (χ0n) is 11.8. The van der Waals surface area contributed by atoms with Crippen LogP contribution in [0.15, 0.2) is 40.9 Å². The van der Waals surface area contributed by atoms with Crippen LogP contribution in [0, 0.1) is 5.82 Å². The minimum absolute atomic E-state index is 0.0861. The number of hydrogen-bond donors (Lipinski definition) is 2. The Labute approximate surface area is 127 Å². The Morgan fingerprint density at radius 1 is 1.43 bits per heavy atom. The first-order valence-corrected chi connectivity index (χ1v) is 7.44. The van der Waals surface area contributed by atoms with E-state index in [-0.39, 0.29) is 11.7 Å². The number of nitrogens with two attached hydrogens (primary N) is 1. The van der Waals surface area contributed by atoms with Gasteiger partial charge in [-0.2, -0.15) is 0 Å². The van der Waals surface area contributed by atoms with Gasteiger partial charge >= 0.3 is 0 Å². The molecular weight excluding hydrogens is 289 g/mol. The lowest BCUT2D eigenvalue weighted by Gasteiger charge is -2.16. The largest absolute Gasteiger partial charge is 0.409 e. The molecule has 3 N–H and O–H groups in total. The summed E-state index contributed by atoms with van der Waals surface area (Å²) in [4.78, 5) is 3.45. The Morgan fingerprint density at radius 3 is 2.90 bits per heavy atom. The summed E-state index contributed by atoms with van der Waals surface area (Å²) < 4.78 is 13.6. The molecular formula is C15H18FN3OS. The first kappa shape index (κ1) is 15.5. The first-order valence-electron chi connectivity index (χ1n) is 6.57. The summed E-state index contributed by atoms with van der Waals surface area (Å²) in [6.07, 6.45) is 0.969. The molecule has 1 aromatic heterocycles. The van der Waals surface area contributed by atoms with Crippen molar-refractivity contribution < 1.29 is 9.60 Å². The van der Waals surface area contributed by atoms with E-state index in [1.54, 1.807) is 17.4 Å². The smallest absolute Gasteiger partial charge is 0.170 e. The maximum absolute atomic E-state index is 13.6. The molecule has 2 aromatic rings. The van der Waals surface area contributed by atoms with Gasteiger partial charge in [0.05, 0.1) is 0 Å². The second kappa shape index (κ2) is 7.19. The summed E-state index contributed by atoms with van der Waals surface area (Å²) in [5.41, 5.74) is 6.69. The summed E-state index contributed by atoms with van der Waals surface area (Å²) in [5.74, 6) is -0.474. The predicted octanol–water partition coefficient (Wildman–Crippen LogP) is 2.66. The normalized spacial score (nSPS) is 12.0. The summed E-state index contributed by atoms with van der Waals surface area (Å²) in [5, 5.41) is 13.6. The Bertz CT molecular complexity index is 613. The van der Waals surface area contributed by atoms with Crippen LogP contribution in [0.4, 0.5) is 4.39 Å². The zero-order valence-corrected chi connectivity index (χ0v) is 12.6. The van der Waals surface area contributed by atoms with Crippen LogP contribution in [0.25, 0.3) is 0 Å². The van der Waals surface area contributed by atoms with Crippen LogP contribution in [-0.2, 0) is 13.0 Å². The van der Waals surface area contributed by atoms with Crippen molar-refractivity contribution in [3.8, 4) is 0 Å². The lowest BCUT2D eigenvalue weighted by molar-refractivity contribution is 0.318. The molecule has 1 heterocycles. The molecule has 0 unspecified atom stereocenters. The van der Waals surface area contributed by atoms with E-state index < -0.39 is 0 Å². The Hall–Kier alpha value is -1.92. The lowest BCUT2D eigenvalue weighted by Crippen LogP contribution is -2.21. The molecule has 0 radical (unpaired) electrons. The van der Waals surface area contributed by atoms with Crippen molar-refractivity contribution in [3.05, 3.63) is 57.5 Å². The Balaban J connectivity index is 1.99. The van der Waals surface area contributed by atoms with Gasteiger partial charge in [-0.3, -0.25) is 0 Å². The van der Waals surface area contributed by atoms with Gasteiger partial charge in [0.1, 0.15) is 5.82 Å². The molecule has 0 atom stereocenters. The molecule has 0 saturated heterocycles. The van der Waals surface area contributed by atoms with E-state index in [9.17, 15) is 4.39 Å². The molecule has 112 valence electrons. The summed E-state index contributed by atoms with van der Waals surface area (Å²) in [6.45, 7) is 1.49. The Kier molecular flexibility index (Phi) is 5.30. The van der Waals surface area contributed by atoms with Crippen LogP contribution in [-0.4, -0.2) is 29.5 Å². The highest BCUT2D eigenvalue weighted by Gasteiger charge is 2.07. The monoisotopic (exact) mass is 307 g/mol. The third kappa shape index (κ3) is 4.54. The average molecular weight is 307 g/mol. The van der Waals surface area contributed by atoms with Gasteiger partial charge in [-0.25, -0.2) is 4.39 Å². The third-order valence-corrected chi connectivity index (χ3v) is 4.07. The van der Waals surface area contributed by atoms with E-state index in [1.807, 2.05) is 13.1 Å². The second-order valence-electron chi connectivity index (χ2n) is 4.90. The molecule has 0 saturated carbocycles. The molecule has 21 heavy (non-hydrogen) atoms.